The summed E-state index contributed by atoms with van der Waals surface area (Å²) in [5, 5.41) is 17.6. The van der Waals surface area contributed by atoms with Crippen molar-refractivity contribution in [3.63, 3.8) is 0 Å². The number of carbonyl (C=O) groups excluding carboxylic acids is 1. The van der Waals surface area contributed by atoms with Gasteiger partial charge in [-0.2, -0.15) is 10.4 Å². The summed E-state index contributed by atoms with van der Waals surface area (Å²) in [5.74, 6) is 0.346. The maximum Gasteiger partial charge on any atom is 0.240 e. The van der Waals surface area contributed by atoms with Gasteiger partial charge in [0, 0.05) is 18.8 Å². The minimum absolute atomic E-state index is 0.0477. The number of ether oxygens (including phenoxy) is 1. The Balaban J connectivity index is 1.79. The van der Waals surface area contributed by atoms with E-state index in [4.69, 9.17) is 10.5 Å². The summed E-state index contributed by atoms with van der Waals surface area (Å²) in [7, 11) is 0. The summed E-state index contributed by atoms with van der Waals surface area (Å²) >= 11 is 0. The molecule has 1 saturated heterocycles. The molecule has 1 unspecified atom stereocenters. The Hall–Kier alpha value is -3.31. The smallest absolute Gasteiger partial charge is 0.240 e. The predicted octanol–water partition coefficient (Wildman–Crippen LogP) is 2.10. The van der Waals surface area contributed by atoms with Crippen molar-refractivity contribution in [2.24, 2.45) is 5.73 Å². The molecular weight excluding hydrogens is 380 g/mol. The van der Waals surface area contributed by atoms with Crippen molar-refractivity contribution in [3.8, 4) is 11.9 Å². The third-order valence-corrected chi connectivity index (χ3v) is 5.50. The van der Waals surface area contributed by atoms with Crippen LogP contribution in [0.2, 0.25) is 0 Å². The van der Waals surface area contributed by atoms with Gasteiger partial charge in [-0.05, 0) is 45.4 Å². The summed E-state index contributed by atoms with van der Waals surface area (Å²) in [5.41, 5.74) is 9.61. The monoisotopic (exact) mass is 406 g/mol. The number of piperazine rings is 1. The fourth-order valence-corrected chi connectivity index (χ4v) is 4.03. The van der Waals surface area contributed by atoms with Crippen molar-refractivity contribution in [1.82, 2.24) is 15.1 Å². The van der Waals surface area contributed by atoms with Crippen LogP contribution < -0.4 is 20.7 Å². The number of fused-ring (bicyclic) bond motifs is 1. The minimum Gasteiger partial charge on any atom is -0.422 e. The molecule has 3 N–H and O–H groups in total. The zero-order valence-electron chi connectivity index (χ0n) is 17.7. The minimum atomic E-state index is -0.373. The number of nitriles is 1. The maximum atomic E-state index is 12.2. The highest BCUT2D eigenvalue weighted by atomic mass is 16.5. The molecule has 0 aliphatic carbocycles. The lowest BCUT2D eigenvalue weighted by atomic mass is 9.84. The van der Waals surface area contributed by atoms with Gasteiger partial charge in [-0.3, -0.25) is 4.79 Å². The van der Waals surface area contributed by atoms with E-state index in [2.05, 4.69) is 16.5 Å². The van der Waals surface area contributed by atoms with Crippen LogP contribution >= 0.6 is 0 Å². The van der Waals surface area contributed by atoms with Crippen LogP contribution in [0.3, 0.4) is 0 Å². The zero-order valence-corrected chi connectivity index (χ0v) is 17.7. The normalized spacial score (nSPS) is 19.4. The van der Waals surface area contributed by atoms with Gasteiger partial charge < -0.3 is 20.7 Å². The first-order valence-corrected chi connectivity index (χ1v) is 10.0. The number of amides is 1. The number of benzene rings is 1. The van der Waals surface area contributed by atoms with E-state index in [1.54, 1.807) is 4.90 Å². The maximum absolute atomic E-state index is 12.2. The quantitative estimate of drug-likeness (QED) is 0.791. The Bertz CT molecular complexity index is 1070. The van der Waals surface area contributed by atoms with E-state index >= 15 is 0 Å². The van der Waals surface area contributed by atoms with Gasteiger partial charge in [0.1, 0.15) is 11.6 Å². The molecule has 1 aromatic carbocycles. The second-order valence-corrected chi connectivity index (χ2v) is 8.63. The fraction of sp³-hybridized carbons (Fsp3) is 0.409. The van der Waals surface area contributed by atoms with E-state index in [0.29, 0.717) is 24.5 Å². The van der Waals surface area contributed by atoms with Crippen LogP contribution in [-0.4, -0.2) is 35.3 Å². The lowest BCUT2D eigenvalue weighted by molar-refractivity contribution is -0.118. The molecule has 0 saturated carbocycles. The number of aromatic nitrogens is 2. The van der Waals surface area contributed by atoms with Crippen LogP contribution in [0.5, 0.6) is 5.88 Å². The molecule has 8 nitrogen and oxygen atoms in total. The van der Waals surface area contributed by atoms with Crippen LogP contribution in [0.25, 0.3) is 0 Å². The first-order valence-electron chi connectivity index (χ1n) is 10.0. The van der Waals surface area contributed by atoms with Gasteiger partial charge in [0.25, 0.3) is 0 Å². The topological polar surface area (TPSA) is 109 Å². The number of allylic oxidation sites excluding steroid dienone is 1. The molecule has 2 aliphatic heterocycles. The number of rotatable bonds is 2. The number of aryl methyl sites for hydroxylation is 1. The molecule has 0 bridgehead atoms. The van der Waals surface area contributed by atoms with Crippen molar-refractivity contribution < 1.29 is 9.53 Å². The molecule has 156 valence electrons. The lowest BCUT2D eigenvalue weighted by Gasteiger charge is -2.29. The molecule has 2 aliphatic rings. The zero-order chi connectivity index (χ0) is 21.6. The second kappa shape index (κ2) is 7.18. The van der Waals surface area contributed by atoms with Crippen LogP contribution in [0.15, 0.2) is 35.7 Å². The largest absolute Gasteiger partial charge is 0.422 e. The molecule has 8 heteroatoms. The van der Waals surface area contributed by atoms with E-state index in [1.165, 1.54) is 0 Å². The van der Waals surface area contributed by atoms with Gasteiger partial charge >= 0.3 is 0 Å². The first kappa shape index (κ1) is 20.0. The van der Waals surface area contributed by atoms with E-state index in [0.717, 1.165) is 29.1 Å². The summed E-state index contributed by atoms with van der Waals surface area (Å²) in [6.45, 7) is 9.77. The van der Waals surface area contributed by atoms with Crippen molar-refractivity contribution in [1.29, 1.82) is 5.26 Å². The Morgan fingerprint density at radius 1 is 1.30 bits per heavy atom. The van der Waals surface area contributed by atoms with E-state index in [9.17, 15) is 10.1 Å². The van der Waals surface area contributed by atoms with Gasteiger partial charge in [-0.1, -0.05) is 12.1 Å². The van der Waals surface area contributed by atoms with Gasteiger partial charge in [0.2, 0.25) is 17.7 Å². The Morgan fingerprint density at radius 3 is 2.60 bits per heavy atom. The van der Waals surface area contributed by atoms with Crippen LogP contribution in [0.1, 0.15) is 43.5 Å². The average Bonchev–Trinajstić information content (AvgIpc) is 3.04. The van der Waals surface area contributed by atoms with Gasteiger partial charge in [0.15, 0.2) is 0 Å². The van der Waals surface area contributed by atoms with Crippen LogP contribution in [-0.2, 0) is 10.3 Å². The molecule has 1 aromatic heterocycles. The second-order valence-electron chi connectivity index (χ2n) is 8.63. The number of carbonyl (C=O) groups is 1. The number of hydrogen-bond acceptors (Lipinski definition) is 6. The molecule has 1 amide bonds. The van der Waals surface area contributed by atoms with Crippen molar-refractivity contribution >= 4 is 11.6 Å². The average molecular weight is 406 g/mol. The van der Waals surface area contributed by atoms with E-state index < -0.39 is 0 Å². The van der Waals surface area contributed by atoms with Crippen LogP contribution in [0.4, 0.5) is 5.69 Å². The summed E-state index contributed by atoms with van der Waals surface area (Å²) in [6.07, 6.45) is 0. The third kappa shape index (κ3) is 3.21. The van der Waals surface area contributed by atoms with Gasteiger partial charge in [-0.15, -0.1) is 0 Å². The Morgan fingerprint density at radius 2 is 2.00 bits per heavy atom. The highest BCUT2D eigenvalue weighted by Gasteiger charge is 2.37. The third-order valence-electron chi connectivity index (χ3n) is 5.50. The summed E-state index contributed by atoms with van der Waals surface area (Å²) in [4.78, 5) is 14.0. The lowest BCUT2D eigenvalue weighted by Crippen LogP contribution is -2.48. The molecule has 0 radical (unpaired) electrons. The van der Waals surface area contributed by atoms with Gasteiger partial charge in [-0.25, -0.2) is 4.68 Å². The molecule has 0 spiro atoms. The highest BCUT2D eigenvalue weighted by Crippen LogP contribution is 2.45. The standard InChI is InChI=1S/C22H26N6O2/c1-13-18-19(14-5-7-15(8-6-14)27-10-9-25-12-17(27)29)16(11-23)20(24)30-21(18)28(26-13)22(2,3)4/h5-8,19,25H,9-10,12,24H2,1-4H3. The number of nitrogens with two attached hydrogens (primary N) is 1. The molecular formula is C22H26N6O2. The Labute approximate surface area is 175 Å². The summed E-state index contributed by atoms with van der Waals surface area (Å²) < 4.78 is 7.69. The molecule has 30 heavy (non-hydrogen) atoms. The molecule has 4 rings (SSSR count). The number of nitrogens with zero attached hydrogens (tertiary/aromatic N) is 4. The predicted molar refractivity (Wildman–Crippen MR) is 113 cm³/mol. The highest BCUT2D eigenvalue weighted by molar-refractivity contribution is 5.95. The fourth-order valence-electron chi connectivity index (χ4n) is 4.03. The van der Waals surface area contributed by atoms with Crippen molar-refractivity contribution in [2.45, 2.75) is 39.2 Å². The van der Waals surface area contributed by atoms with E-state index in [1.807, 2.05) is 56.6 Å². The van der Waals surface area contributed by atoms with Crippen molar-refractivity contribution in [3.05, 3.63) is 52.5 Å². The van der Waals surface area contributed by atoms with E-state index in [-0.39, 0.29) is 23.2 Å². The number of anilines is 1. The number of hydrogen-bond donors (Lipinski definition) is 2. The van der Waals surface area contributed by atoms with Gasteiger partial charge in [0.05, 0.1) is 29.3 Å². The van der Waals surface area contributed by atoms with Crippen LogP contribution in [0, 0.1) is 18.3 Å². The Kier molecular flexibility index (Phi) is 4.79. The first-order chi connectivity index (χ1) is 14.2. The molecule has 2 aromatic rings. The number of nitrogens with one attached hydrogen (secondary N) is 1. The molecule has 1 atom stereocenters. The summed E-state index contributed by atoms with van der Waals surface area (Å²) in [6, 6.07) is 9.96. The SMILES string of the molecule is Cc1nn(C(C)(C)C)c2c1C(c1ccc(N3CCNCC3=O)cc1)C(C#N)=C(N)O2. The molecule has 1 fully saturated rings. The van der Waals surface area contributed by atoms with Crippen molar-refractivity contribution in [2.75, 3.05) is 24.5 Å². The molecule has 3 heterocycles.